The van der Waals surface area contributed by atoms with Crippen LogP contribution in [-0.2, 0) is 0 Å². The van der Waals surface area contributed by atoms with E-state index in [2.05, 4.69) is 32.4 Å². The van der Waals surface area contributed by atoms with Crippen molar-refractivity contribution in [3.8, 4) is 11.5 Å². The number of aliphatic hydroxyl groups is 1. The minimum absolute atomic E-state index is 0.122. The third kappa shape index (κ3) is 2.81. The lowest BCUT2D eigenvalue weighted by Crippen LogP contribution is -2.47. The highest BCUT2D eigenvalue weighted by molar-refractivity contribution is 5.96. The van der Waals surface area contributed by atoms with Crippen LogP contribution in [0, 0.1) is 17.3 Å². The molecule has 2 aliphatic carbocycles. The number of hydrogen-bond acceptors (Lipinski definition) is 6. The molecule has 0 spiro atoms. The van der Waals surface area contributed by atoms with E-state index in [9.17, 15) is 5.11 Å². The second-order valence-corrected chi connectivity index (χ2v) is 8.49. The molecule has 142 valence electrons. The van der Waals surface area contributed by atoms with E-state index >= 15 is 0 Å². The highest BCUT2D eigenvalue weighted by Crippen LogP contribution is 2.51. The number of anilines is 1. The van der Waals surface area contributed by atoms with Crippen molar-refractivity contribution in [2.75, 3.05) is 11.9 Å². The van der Waals surface area contributed by atoms with E-state index in [-0.39, 0.29) is 5.41 Å². The average Bonchev–Trinajstić information content (AvgIpc) is 3.35. The van der Waals surface area contributed by atoms with Crippen molar-refractivity contribution in [1.29, 1.82) is 0 Å². The first-order chi connectivity index (χ1) is 13.2. The summed E-state index contributed by atoms with van der Waals surface area (Å²) < 4.78 is 5.46. The number of aromatic amines is 1. The number of rotatable bonds is 4. The van der Waals surface area contributed by atoms with Crippen LogP contribution in [0.2, 0.25) is 0 Å². The Morgan fingerprint density at radius 1 is 1.41 bits per heavy atom. The Hall–Kier alpha value is -2.41. The summed E-state index contributed by atoms with van der Waals surface area (Å²) in [6, 6.07) is 2.41. The zero-order valence-corrected chi connectivity index (χ0v) is 15.5. The molecule has 0 aromatic carbocycles. The summed E-state index contributed by atoms with van der Waals surface area (Å²) in [5.74, 6) is 1.69. The van der Waals surface area contributed by atoms with Crippen molar-refractivity contribution in [3.63, 3.8) is 0 Å². The second kappa shape index (κ2) is 6.34. The first kappa shape index (κ1) is 16.7. The molecule has 2 saturated carbocycles. The first-order valence-corrected chi connectivity index (χ1v) is 9.77. The Kier molecular flexibility index (Phi) is 3.93. The summed E-state index contributed by atoms with van der Waals surface area (Å²) in [6.45, 7) is 2.63. The number of aromatic nitrogens is 4. The van der Waals surface area contributed by atoms with Gasteiger partial charge in [0, 0.05) is 30.4 Å². The fourth-order valence-corrected chi connectivity index (χ4v) is 5.47. The molecule has 2 fully saturated rings. The number of H-pyrrole nitrogens is 1. The van der Waals surface area contributed by atoms with Gasteiger partial charge in [-0.3, -0.25) is 0 Å². The molecule has 27 heavy (non-hydrogen) atoms. The van der Waals surface area contributed by atoms with Crippen molar-refractivity contribution in [1.82, 2.24) is 20.2 Å². The zero-order chi connectivity index (χ0) is 18.4. The number of pyridine rings is 1. The molecule has 0 amide bonds. The molecule has 4 atom stereocenters. The van der Waals surface area contributed by atoms with Gasteiger partial charge in [0.05, 0.1) is 11.3 Å². The molecule has 2 aliphatic rings. The zero-order valence-electron chi connectivity index (χ0n) is 15.5. The second-order valence-electron chi connectivity index (χ2n) is 8.49. The Morgan fingerprint density at radius 3 is 3.15 bits per heavy atom. The standard InChI is InChI=1S/C20H25N5O2/c1-12-6-13-8-20(7-12,10-26)4-2-16(13)24-17-14-3-5-21-18(14)22-9-15(17)19-25-23-11-27-19/h3,5,9,11-13,16,26H,2,4,6-8,10H2,1H3,(H2,21,22,24)/t12?,13-,16+,20-/m0/s1. The van der Waals surface area contributed by atoms with Crippen molar-refractivity contribution in [2.24, 2.45) is 17.3 Å². The molecule has 2 bridgehead atoms. The van der Waals surface area contributed by atoms with Gasteiger partial charge >= 0.3 is 0 Å². The maximum atomic E-state index is 10.0. The molecule has 3 aromatic rings. The Labute approximate surface area is 157 Å². The average molecular weight is 367 g/mol. The number of hydrogen-bond donors (Lipinski definition) is 3. The van der Waals surface area contributed by atoms with E-state index in [0.717, 1.165) is 48.0 Å². The molecule has 1 unspecified atom stereocenters. The summed E-state index contributed by atoms with van der Waals surface area (Å²) in [5.41, 5.74) is 2.81. The number of fused-ring (bicyclic) bond motifs is 3. The normalized spacial score (nSPS) is 30.5. The molecule has 3 aromatic heterocycles. The van der Waals surface area contributed by atoms with Crippen LogP contribution >= 0.6 is 0 Å². The summed E-state index contributed by atoms with van der Waals surface area (Å²) >= 11 is 0. The Bertz CT molecular complexity index is 937. The van der Waals surface area contributed by atoms with E-state index in [0.29, 0.717) is 30.4 Å². The van der Waals surface area contributed by atoms with Gasteiger partial charge in [0.15, 0.2) is 0 Å². The quantitative estimate of drug-likeness (QED) is 0.651. The molecule has 7 heteroatoms. The molecular weight excluding hydrogens is 342 g/mol. The largest absolute Gasteiger partial charge is 0.423 e. The maximum absolute atomic E-state index is 10.0. The van der Waals surface area contributed by atoms with E-state index in [1.807, 2.05) is 12.3 Å². The van der Waals surface area contributed by atoms with Crippen LogP contribution in [0.25, 0.3) is 22.5 Å². The lowest BCUT2D eigenvalue weighted by atomic mass is 9.58. The summed E-state index contributed by atoms with van der Waals surface area (Å²) in [4.78, 5) is 7.68. The fourth-order valence-electron chi connectivity index (χ4n) is 5.47. The minimum atomic E-state index is 0.122. The van der Waals surface area contributed by atoms with Crippen LogP contribution < -0.4 is 5.32 Å². The Morgan fingerprint density at radius 2 is 2.33 bits per heavy atom. The van der Waals surface area contributed by atoms with Crippen molar-refractivity contribution in [3.05, 3.63) is 24.9 Å². The fraction of sp³-hybridized carbons (Fsp3) is 0.550. The lowest BCUT2D eigenvalue weighted by molar-refractivity contribution is -0.00900. The molecule has 0 saturated heterocycles. The van der Waals surface area contributed by atoms with Gasteiger partial charge in [0.25, 0.3) is 5.89 Å². The van der Waals surface area contributed by atoms with Crippen LogP contribution in [0.1, 0.15) is 39.0 Å². The third-order valence-corrected chi connectivity index (χ3v) is 6.58. The van der Waals surface area contributed by atoms with Crippen LogP contribution in [0.5, 0.6) is 0 Å². The van der Waals surface area contributed by atoms with E-state index in [1.54, 1.807) is 6.20 Å². The lowest BCUT2D eigenvalue weighted by Gasteiger charge is -2.50. The Balaban J connectivity index is 1.51. The van der Waals surface area contributed by atoms with Gasteiger partial charge < -0.3 is 19.8 Å². The molecule has 3 heterocycles. The third-order valence-electron chi connectivity index (χ3n) is 6.58. The highest BCUT2D eigenvalue weighted by Gasteiger charge is 2.45. The topological polar surface area (TPSA) is 99.9 Å². The molecule has 3 N–H and O–H groups in total. The van der Waals surface area contributed by atoms with Crippen LogP contribution in [0.3, 0.4) is 0 Å². The molecule has 0 radical (unpaired) electrons. The van der Waals surface area contributed by atoms with Gasteiger partial charge in [-0.2, -0.15) is 0 Å². The van der Waals surface area contributed by atoms with Gasteiger partial charge in [-0.1, -0.05) is 6.92 Å². The highest BCUT2D eigenvalue weighted by atomic mass is 16.4. The minimum Gasteiger partial charge on any atom is -0.423 e. The van der Waals surface area contributed by atoms with Crippen molar-refractivity contribution in [2.45, 2.75) is 45.1 Å². The number of nitrogens with one attached hydrogen (secondary N) is 2. The number of nitrogens with zero attached hydrogens (tertiary/aromatic N) is 3. The van der Waals surface area contributed by atoms with Gasteiger partial charge in [-0.15, -0.1) is 10.2 Å². The van der Waals surface area contributed by atoms with Gasteiger partial charge in [0.1, 0.15) is 5.65 Å². The van der Waals surface area contributed by atoms with Gasteiger partial charge in [-0.25, -0.2) is 4.98 Å². The summed E-state index contributed by atoms with van der Waals surface area (Å²) in [7, 11) is 0. The van der Waals surface area contributed by atoms with E-state index in [1.165, 1.54) is 12.8 Å². The van der Waals surface area contributed by atoms with Crippen LogP contribution in [0.4, 0.5) is 5.69 Å². The number of aliphatic hydroxyl groups excluding tert-OH is 1. The molecular formula is C20H25N5O2. The van der Waals surface area contributed by atoms with Crippen molar-refractivity contribution >= 4 is 16.7 Å². The summed E-state index contributed by atoms with van der Waals surface area (Å²) in [6.07, 6.45) is 10.6. The first-order valence-electron chi connectivity index (χ1n) is 9.77. The van der Waals surface area contributed by atoms with Gasteiger partial charge in [0.2, 0.25) is 6.39 Å². The maximum Gasteiger partial charge on any atom is 0.251 e. The van der Waals surface area contributed by atoms with E-state index < -0.39 is 0 Å². The molecule has 7 nitrogen and oxygen atoms in total. The monoisotopic (exact) mass is 367 g/mol. The van der Waals surface area contributed by atoms with Crippen LogP contribution in [0.15, 0.2) is 29.3 Å². The smallest absolute Gasteiger partial charge is 0.251 e. The van der Waals surface area contributed by atoms with Crippen LogP contribution in [-0.4, -0.2) is 37.9 Å². The van der Waals surface area contributed by atoms with E-state index in [4.69, 9.17) is 4.42 Å². The SMILES string of the molecule is CC1C[C@H]2C[C@](CO)(CC[C@H]2Nc2c(-c3nnco3)cnc3[nH]ccc23)C1. The predicted octanol–water partition coefficient (Wildman–Crippen LogP) is 3.60. The van der Waals surface area contributed by atoms with Crippen molar-refractivity contribution < 1.29 is 9.52 Å². The summed E-state index contributed by atoms with van der Waals surface area (Å²) in [5, 5.41) is 22.8. The van der Waals surface area contributed by atoms with Gasteiger partial charge in [-0.05, 0) is 55.4 Å². The predicted molar refractivity (Wildman–Crippen MR) is 102 cm³/mol. The molecule has 5 rings (SSSR count). The molecule has 0 aliphatic heterocycles.